The molecule has 1 heterocycles. The second-order valence-corrected chi connectivity index (χ2v) is 5.69. The van der Waals surface area contributed by atoms with Gasteiger partial charge in [0.05, 0.1) is 5.52 Å². The third kappa shape index (κ3) is 2.55. The highest BCUT2D eigenvalue weighted by Crippen LogP contribution is 2.33. The van der Waals surface area contributed by atoms with E-state index in [1.165, 1.54) is 48.6 Å². The summed E-state index contributed by atoms with van der Waals surface area (Å²) in [5, 5.41) is 4.93. The van der Waals surface area contributed by atoms with Crippen molar-refractivity contribution in [3.8, 4) is 0 Å². The Bertz CT molecular complexity index is 535. The largest absolute Gasteiger partial charge is 0.344 e. The summed E-state index contributed by atoms with van der Waals surface area (Å²) in [5.74, 6) is 0. The molecule has 3 rings (SSSR count). The number of rotatable bonds is 5. The van der Waals surface area contributed by atoms with Crippen LogP contribution >= 0.6 is 0 Å². The molecule has 2 aromatic rings. The van der Waals surface area contributed by atoms with Gasteiger partial charge in [0.15, 0.2) is 0 Å². The van der Waals surface area contributed by atoms with E-state index in [2.05, 4.69) is 47.3 Å². The minimum absolute atomic E-state index is 0.727. The highest BCUT2D eigenvalue weighted by atomic mass is 15.0. The van der Waals surface area contributed by atoms with Crippen molar-refractivity contribution in [2.45, 2.75) is 51.6 Å². The molecule has 1 N–H and O–H groups in total. The Balaban J connectivity index is 1.94. The Hall–Kier alpha value is -1.28. The summed E-state index contributed by atoms with van der Waals surface area (Å²) >= 11 is 0. The monoisotopic (exact) mass is 256 g/mol. The maximum Gasteiger partial charge on any atom is 0.0528 e. The van der Waals surface area contributed by atoms with E-state index in [-0.39, 0.29) is 0 Å². The smallest absolute Gasteiger partial charge is 0.0528 e. The Labute approximate surface area is 115 Å². The molecule has 1 fully saturated rings. The first-order valence-electron chi connectivity index (χ1n) is 7.69. The molecule has 1 aromatic heterocycles. The molecular weight excluding hydrogens is 232 g/mol. The second kappa shape index (κ2) is 5.79. The van der Waals surface area contributed by atoms with Crippen LogP contribution in [0, 0.1) is 0 Å². The molecule has 0 bridgehead atoms. The highest BCUT2D eigenvalue weighted by molar-refractivity contribution is 5.83. The lowest BCUT2D eigenvalue weighted by Crippen LogP contribution is -2.15. The van der Waals surface area contributed by atoms with Crippen LogP contribution in [0.1, 0.15) is 50.6 Å². The van der Waals surface area contributed by atoms with Gasteiger partial charge in [0, 0.05) is 18.8 Å². The number of benzene rings is 1. The van der Waals surface area contributed by atoms with Gasteiger partial charge in [-0.25, -0.2) is 0 Å². The molecule has 0 amide bonds. The first-order chi connectivity index (χ1) is 9.40. The molecule has 1 aliphatic rings. The van der Waals surface area contributed by atoms with Gasteiger partial charge in [0.2, 0.25) is 0 Å². The number of para-hydroxylation sites is 1. The average Bonchev–Trinajstić information content (AvgIpc) is 3.07. The van der Waals surface area contributed by atoms with Crippen molar-refractivity contribution in [2.24, 2.45) is 0 Å². The van der Waals surface area contributed by atoms with Crippen LogP contribution in [-0.2, 0) is 6.54 Å². The standard InChI is InChI=1S/C17H24N2/c1-2-11-18-13-15-7-5-6-14-10-12-19(17(14)15)16-8-3-4-9-16/h5-7,10,12,16,18H,2-4,8-9,11,13H2,1H3. The van der Waals surface area contributed by atoms with Crippen LogP contribution in [0.15, 0.2) is 30.5 Å². The van der Waals surface area contributed by atoms with E-state index in [0.717, 1.165) is 19.1 Å². The van der Waals surface area contributed by atoms with Crippen LogP contribution < -0.4 is 5.32 Å². The van der Waals surface area contributed by atoms with Crippen molar-refractivity contribution in [3.05, 3.63) is 36.0 Å². The van der Waals surface area contributed by atoms with Gasteiger partial charge < -0.3 is 9.88 Å². The molecule has 0 unspecified atom stereocenters. The van der Waals surface area contributed by atoms with E-state index in [4.69, 9.17) is 0 Å². The predicted molar refractivity (Wildman–Crippen MR) is 81.4 cm³/mol. The quantitative estimate of drug-likeness (QED) is 0.791. The Morgan fingerprint density at radius 2 is 2.05 bits per heavy atom. The van der Waals surface area contributed by atoms with Crippen molar-refractivity contribution in [1.82, 2.24) is 9.88 Å². The number of fused-ring (bicyclic) bond motifs is 1. The normalized spacial score (nSPS) is 16.5. The summed E-state index contributed by atoms with van der Waals surface area (Å²) < 4.78 is 2.53. The van der Waals surface area contributed by atoms with Gasteiger partial charge in [-0.1, -0.05) is 38.0 Å². The van der Waals surface area contributed by atoms with Crippen molar-refractivity contribution in [3.63, 3.8) is 0 Å². The number of hydrogen-bond donors (Lipinski definition) is 1. The topological polar surface area (TPSA) is 17.0 Å². The van der Waals surface area contributed by atoms with Gasteiger partial charge in [0.1, 0.15) is 0 Å². The summed E-state index contributed by atoms with van der Waals surface area (Å²) in [6.45, 7) is 4.30. The van der Waals surface area contributed by atoms with E-state index in [9.17, 15) is 0 Å². The molecule has 1 aliphatic carbocycles. The summed E-state index contributed by atoms with van der Waals surface area (Å²) in [6, 6.07) is 9.70. The number of nitrogens with zero attached hydrogens (tertiary/aromatic N) is 1. The van der Waals surface area contributed by atoms with Gasteiger partial charge >= 0.3 is 0 Å². The van der Waals surface area contributed by atoms with Crippen LogP contribution in [0.2, 0.25) is 0 Å². The van der Waals surface area contributed by atoms with Gasteiger partial charge in [-0.15, -0.1) is 0 Å². The summed E-state index contributed by atoms with van der Waals surface area (Å²) in [5.41, 5.74) is 2.90. The predicted octanol–water partition coefficient (Wildman–Crippen LogP) is 4.26. The lowest BCUT2D eigenvalue weighted by molar-refractivity contribution is 0.533. The molecule has 0 aliphatic heterocycles. The zero-order valence-electron chi connectivity index (χ0n) is 11.9. The molecule has 0 spiro atoms. The molecule has 2 nitrogen and oxygen atoms in total. The number of aromatic nitrogens is 1. The van der Waals surface area contributed by atoms with Gasteiger partial charge in [-0.05, 0) is 42.8 Å². The lowest BCUT2D eigenvalue weighted by atomic mass is 10.1. The fourth-order valence-corrected chi connectivity index (χ4v) is 3.32. The summed E-state index contributed by atoms with van der Waals surface area (Å²) in [4.78, 5) is 0. The minimum Gasteiger partial charge on any atom is -0.344 e. The van der Waals surface area contributed by atoms with Crippen molar-refractivity contribution >= 4 is 10.9 Å². The van der Waals surface area contributed by atoms with Crippen LogP contribution in [0.25, 0.3) is 10.9 Å². The molecule has 102 valence electrons. The molecule has 0 atom stereocenters. The van der Waals surface area contributed by atoms with Crippen molar-refractivity contribution in [2.75, 3.05) is 6.54 Å². The highest BCUT2D eigenvalue weighted by Gasteiger charge is 2.19. The number of hydrogen-bond acceptors (Lipinski definition) is 1. The molecule has 1 saturated carbocycles. The minimum atomic E-state index is 0.727. The lowest BCUT2D eigenvalue weighted by Gasteiger charge is -2.16. The molecule has 19 heavy (non-hydrogen) atoms. The Kier molecular flexibility index (Phi) is 3.88. The fraction of sp³-hybridized carbons (Fsp3) is 0.529. The maximum atomic E-state index is 3.54. The fourth-order valence-electron chi connectivity index (χ4n) is 3.32. The van der Waals surface area contributed by atoms with Gasteiger partial charge in [0.25, 0.3) is 0 Å². The van der Waals surface area contributed by atoms with E-state index >= 15 is 0 Å². The zero-order chi connectivity index (χ0) is 13.1. The van der Waals surface area contributed by atoms with Gasteiger partial charge in [-0.2, -0.15) is 0 Å². The molecule has 2 heteroatoms. The van der Waals surface area contributed by atoms with E-state index in [0.29, 0.717) is 0 Å². The van der Waals surface area contributed by atoms with E-state index in [1.807, 2.05) is 0 Å². The van der Waals surface area contributed by atoms with E-state index < -0.39 is 0 Å². The SMILES string of the molecule is CCCNCc1cccc2ccn(C3CCCC3)c12. The average molecular weight is 256 g/mol. The maximum absolute atomic E-state index is 3.54. The van der Waals surface area contributed by atoms with Crippen molar-refractivity contribution in [1.29, 1.82) is 0 Å². The van der Waals surface area contributed by atoms with Crippen LogP contribution in [0.4, 0.5) is 0 Å². The Morgan fingerprint density at radius 3 is 2.84 bits per heavy atom. The summed E-state index contributed by atoms with van der Waals surface area (Å²) in [7, 11) is 0. The number of nitrogens with one attached hydrogen (secondary N) is 1. The molecule has 1 aromatic carbocycles. The van der Waals surface area contributed by atoms with Gasteiger partial charge in [-0.3, -0.25) is 0 Å². The third-order valence-electron chi connectivity index (χ3n) is 4.28. The molecular formula is C17H24N2. The van der Waals surface area contributed by atoms with Crippen molar-refractivity contribution < 1.29 is 0 Å². The van der Waals surface area contributed by atoms with Crippen LogP contribution in [0.5, 0.6) is 0 Å². The zero-order valence-corrected chi connectivity index (χ0v) is 11.9. The first kappa shape index (κ1) is 12.7. The van der Waals surface area contributed by atoms with Crippen LogP contribution in [0.3, 0.4) is 0 Å². The Morgan fingerprint density at radius 1 is 1.21 bits per heavy atom. The summed E-state index contributed by atoms with van der Waals surface area (Å²) in [6.07, 6.45) is 8.96. The third-order valence-corrected chi connectivity index (χ3v) is 4.28. The molecule has 0 radical (unpaired) electrons. The molecule has 0 saturated heterocycles. The van der Waals surface area contributed by atoms with E-state index in [1.54, 1.807) is 0 Å². The second-order valence-electron chi connectivity index (χ2n) is 5.69. The van der Waals surface area contributed by atoms with Crippen LogP contribution in [-0.4, -0.2) is 11.1 Å². The first-order valence-corrected chi connectivity index (χ1v) is 7.69.